The average molecular weight is 369 g/mol. The smallest absolute Gasteiger partial charge is 0.198 e. The number of hydrogen-bond acceptors (Lipinski definition) is 4. The summed E-state index contributed by atoms with van der Waals surface area (Å²) in [6, 6.07) is 5.74. The molecule has 0 fully saturated rings. The zero-order valence-electron chi connectivity index (χ0n) is 15.4. The van der Waals surface area contributed by atoms with Gasteiger partial charge in [0.25, 0.3) is 0 Å². The van der Waals surface area contributed by atoms with Crippen molar-refractivity contribution < 1.29 is 4.74 Å². The van der Waals surface area contributed by atoms with Crippen LogP contribution in [0, 0.1) is 13.8 Å². The molecule has 0 N–H and O–H groups in total. The molecule has 3 aromatic rings. The van der Waals surface area contributed by atoms with Gasteiger partial charge in [0.05, 0.1) is 22.5 Å². The Morgan fingerprint density at radius 1 is 1.19 bits per heavy atom. The van der Waals surface area contributed by atoms with Crippen molar-refractivity contribution in [1.82, 2.24) is 14.6 Å². The molecule has 0 spiro atoms. The van der Waals surface area contributed by atoms with Crippen molar-refractivity contribution in [2.75, 3.05) is 0 Å². The van der Waals surface area contributed by atoms with Crippen LogP contribution in [0.4, 0.5) is 0 Å². The van der Waals surface area contributed by atoms with Gasteiger partial charge in [0.2, 0.25) is 0 Å². The van der Waals surface area contributed by atoms with E-state index in [4.69, 9.17) is 21.3 Å². The third-order valence-corrected chi connectivity index (χ3v) is 5.17. The van der Waals surface area contributed by atoms with Gasteiger partial charge in [-0.3, -0.25) is 0 Å². The largest absolute Gasteiger partial charge is 0.464 e. The first-order valence-electron chi connectivity index (χ1n) is 8.81. The fourth-order valence-corrected chi connectivity index (χ4v) is 3.62. The van der Waals surface area contributed by atoms with Gasteiger partial charge in [-0.25, -0.2) is 14.5 Å². The Morgan fingerprint density at radius 3 is 2.77 bits per heavy atom. The van der Waals surface area contributed by atoms with Crippen molar-refractivity contribution in [2.45, 2.75) is 46.3 Å². The third kappa shape index (κ3) is 2.58. The van der Waals surface area contributed by atoms with E-state index in [9.17, 15) is 0 Å². The second kappa shape index (κ2) is 6.09. The van der Waals surface area contributed by atoms with Crippen molar-refractivity contribution in [3.63, 3.8) is 0 Å². The van der Waals surface area contributed by atoms with Gasteiger partial charge in [0, 0.05) is 23.9 Å². The Kier molecular flexibility index (Phi) is 3.99. The third-order valence-electron chi connectivity index (χ3n) is 4.87. The lowest BCUT2D eigenvalue weighted by Gasteiger charge is -2.33. The molecule has 6 heteroatoms. The normalized spacial score (nSPS) is 19.2. The Bertz CT molecular complexity index is 1040. The highest BCUT2D eigenvalue weighted by molar-refractivity contribution is 6.33. The summed E-state index contributed by atoms with van der Waals surface area (Å²) in [6.07, 6.45) is 5.46. The van der Waals surface area contributed by atoms with Crippen LogP contribution in [0.3, 0.4) is 0 Å². The van der Waals surface area contributed by atoms with E-state index in [0.717, 1.165) is 46.6 Å². The summed E-state index contributed by atoms with van der Waals surface area (Å²) in [7, 11) is 0. The molecule has 26 heavy (non-hydrogen) atoms. The van der Waals surface area contributed by atoms with Gasteiger partial charge in [-0.05, 0) is 38.5 Å². The van der Waals surface area contributed by atoms with E-state index < -0.39 is 5.72 Å². The Labute approximate surface area is 157 Å². The van der Waals surface area contributed by atoms with Gasteiger partial charge in [-0.15, -0.1) is 0 Å². The highest BCUT2D eigenvalue weighted by Gasteiger charge is 2.34. The fraction of sp³-hybridized carbons (Fsp3) is 0.350. The van der Waals surface area contributed by atoms with Crippen molar-refractivity contribution in [3.8, 4) is 5.75 Å². The van der Waals surface area contributed by atoms with E-state index in [1.54, 1.807) is 0 Å². The summed E-state index contributed by atoms with van der Waals surface area (Å²) < 4.78 is 8.07. The van der Waals surface area contributed by atoms with Crippen LogP contribution >= 0.6 is 11.6 Å². The summed E-state index contributed by atoms with van der Waals surface area (Å²) in [5.74, 6) is 0.679. The predicted molar refractivity (Wildman–Crippen MR) is 103 cm³/mol. The molecule has 0 saturated heterocycles. The van der Waals surface area contributed by atoms with E-state index in [0.29, 0.717) is 10.8 Å². The van der Waals surface area contributed by atoms with Gasteiger partial charge in [-0.2, -0.15) is 5.10 Å². The molecule has 0 saturated carbocycles. The van der Waals surface area contributed by atoms with E-state index in [1.807, 2.05) is 55.9 Å². The molecular formula is C20H21ClN4O. The monoisotopic (exact) mass is 368 g/mol. The van der Waals surface area contributed by atoms with Crippen molar-refractivity contribution in [1.29, 1.82) is 0 Å². The minimum absolute atomic E-state index is 0.591. The first kappa shape index (κ1) is 17.0. The molecule has 1 aromatic carbocycles. The van der Waals surface area contributed by atoms with E-state index in [2.05, 4.69) is 17.0 Å². The van der Waals surface area contributed by atoms with Crippen LogP contribution in [0.25, 0.3) is 5.65 Å². The molecule has 0 bridgehead atoms. The summed E-state index contributed by atoms with van der Waals surface area (Å²) in [4.78, 5) is 9.58. The van der Waals surface area contributed by atoms with Crippen LogP contribution in [-0.4, -0.2) is 26.0 Å². The topological polar surface area (TPSA) is 51.8 Å². The maximum absolute atomic E-state index is 6.44. The number of fused-ring (bicyclic) bond motifs is 2. The standard InChI is InChI=1S/C20H21ClN4O/c1-5-9-20(4)24-17(14-7-6-8-16(21)18(14)26-20)15-11-23-25-13(3)12(2)10-22-19(15)25/h6-8,10-11H,5,9H2,1-4H3. The number of rotatable bonds is 3. The number of halogens is 1. The minimum atomic E-state index is -0.657. The number of para-hydroxylation sites is 1. The highest BCUT2D eigenvalue weighted by atomic mass is 35.5. The molecule has 0 amide bonds. The number of aliphatic imine (C=N–C) groups is 1. The van der Waals surface area contributed by atoms with Gasteiger partial charge >= 0.3 is 0 Å². The second-order valence-electron chi connectivity index (χ2n) is 6.92. The molecule has 5 nitrogen and oxygen atoms in total. The lowest BCUT2D eigenvalue weighted by atomic mass is 9.99. The molecule has 1 aliphatic rings. The lowest BCUT2D eigenvalue weighted by molar-refractivity contribution is 0.0841. The van der Waals surface area contributed by atoms with Gasteiger partial charge in [-0.1, -0.05) is 31.0 Å². The van der Waals surface area contributed by atoms with Gasteiger partial charge < -0.3 is 4.74 Å². The molecule has 0 radical (unpaired) electrons. The first-order valence-corrected chi connectivity index (χ1v) is 9.19. The van der Waals surface area contributed by atoms with Crippen LogP contribution in [0.1, 0.15) is 49.1 Å². The molecule has 4 rings (SSSR count). The Balaban J connectivity index is 1.98. The number of aromatic nitrogens is 3. The molecule has 2 aromatic heterocycles. The summed E-state index contributed by atoms with van der Waals surface area (Å²) in [5.41, 5.74) is 4.89. The molecule has 1 atom stereocenters. The number of aryl methyl sites for hydroxylation is 2. The summed E-state index contributed by atoms with van der Waals surface area (Å²) >= 11 is 6.44. The average Bonchev–Trinajstić information content (AvgIpc) is 3.03. The second-order valence-corrected chi connectivity index (χ2v) is 7.33. The van der Waals surface area contributed by atoms with Crippen LogP contribution in [0.5, 0.6) is 5.75 Å². The quantitative estimate of drug-likeness (QED) is 0.670. The van der Waals surface area contributed by atoms with Gasteiger partial charge in [0.15, 0.2) is 17.1 Å². The maximum atomic E-state index is 6.44. The Hall–Kier alpha value is -2.40. The first-order chi connectivity index (χ1) is 12.4. The predicted octanol–water partition coefficient (Wildman–Crippen LogP) is 4.75. The maximum Gasteiger partial charge on any atom is 0.198 e. The summed E-state index contributed by atoms with van der Waals surface area (Å²) in [6.45, 7) is 8.19. The highest BCUT2D eigenvalue weighted by Crippen LogP contribution is 2.39. The van der Waals surface area contributed by atoms with Gasteiger partial charge in [0.1, 0.15) is 0 Å². The molecule has 134 valence electrons. The molecule has 0 aliphatic carbocycles. The zero-order valence-corrected chi connectivity index (χ0v) is 16.1. The molecular weight excluding hydrogens is 348 g/mol. The van der Waals surface area contributed by atoms with E-state index in [1.165, 1.54) is 0 Å². The Morgan fingerprint density at radius 2 is 2.00 bits per heavy atom. The minimum Gasteiger partial charge on any atom is -0.464 e. The molecule has 1 unspecified atom stereocenters. The van der Waals surface area contributed by atoms with Crippen LogP contribution in [0.2, 0.25) is 5.02 Å². The van der Waals surface area contributed by atoms with Crippen molar-refractivity contribution in [2.24, 2.45) is 4.99 Å². The van der Waals surface area contributed by atoms with E-state index in [-0.39, 0.29) is 0 Å². The van der Waals surface area contributed by atoms with Crippen LogP contribution < -0.4 is 4.74 Å². The number of nitrogens with zero attached hydrogens (tertiary/aromatic N) is 4. The number of ether oxygens (including phenoxy) is 1. The van der Waals surface area contributed by atoms with Crippen LogP contribution in [0.15, 0.2) is 35.6 Å². The van der Waals surface area contributed by atoms with Crippen LogP contribution in [-0.2, 0) is 0 Å². The lowest BCUT2D eigenvalue weighted by Crippen LogP contribution is -2.35. The number of hydrogen-bond donors (Lipinski definition) is 0. The SMILES string of the molecule is CCCC1(C)N=C(c2cnn3c(C)c(C)cnc23)c2cccc(Cl)c2O1. The zero-order chi connectivity index (χ0) is 18.5. The van der Waals surface area contributed by atoms with Crippen molar-refractivity contribution in [3.05, 3.63) is 58.0 Å². The molecule has 3 heterocycles. The van der Waals surface area contributed by atoms with Crippen molar-refractivity contribution >= 4 is 23.0 Å². The summed E-state index contributed by atoms with van der Waals surface area (Å²) in [5, 5.41) is 5.13. The number of benzene rings is 1. The van der Waals surface area contributed by atoms with E-state index >= 15 is 0 Å². The fourth-order valence-electron chi connectivity index (χ4n) is 3.41. The molecule has 1 aliphatic heterocycles.